The zero-order chi connectivity index (χ0) is 12.1. The number of aromatic nitrogens is 2. The molecule has 4 nitrogen and oxygen atoms in total. The van der Waals surface area contributed by atoms with Gasteiger partial charge in [0.1, 0.15) is 5.76 Å². The van der Waals surface area contributed by atoms with E-state index in [1.54, 1.807) is 18.0 Å². The van der Waals surface area contributed by atoms with Crippen LogP contribution >= 0.6 is 11.8 Å². The van der Waals surface area contributed by atoms with Gasteiger partial charge in [0, 0.05) is 24.7 Å². The minimum atomic E-state index is 0.747. The topological polar surface area (TPSA) is 34.2 Å². The summed E-state index contributed by atoms with van der Waals surface area (Å²) in [6.45, 7) is 1.80. The first kappa shape index (κ1) is 12.3. The average Bonchev–Trinajstić information content (AvgIpc) is 2.91. The predicted molar refractivity (Wildman–Crippen MR) is 69.3 cm³/mol. The van der Waals surface area contributed by atoms with Crippen molar-refractivity contribution >= 4 is 11.8 Å². The highest BCUT2D eigenvalue weighted by Crippen LogP contribution is 2.17. The number of hydrogen-bond donors (Lipinski definition) is 0. The first-order chi connectivity index (χ1) is 8.25. The van der Waals surface area contributed by atoms with Crippen LogP contribution in [0.5, 0.6) is 0 Å². The van der Waals surface area contributed by atoms with Crippen LogP contribution in [-0.4, -0.2) is 40.8 Å². The standard InChI is InChI=1S/C12H17N3OS/c1-14(2)7-9-17-12-13-5-6-15(12)10-11-4-3-8-16-11/h3-6,8H,7,9-10H2,1-2H3. The Morgan fingerprint density at radius 2 is 2.35 bits per heavy atom. The lowest BCUT2D eigenvalue weighted by molar-refractivity contribution is 0.437. The monoisotopic (exact) mass is 251 g/mol. The van der Waals surface area contributed by atoms with Crippen molar-refractivity contribution in [2.24, 2.45) is 0 Å². The molecule has 2 aromatic rings. The Bertz CT molecular complexity index is 436. The number of nitrogens with zero attached hydrogens (tertiary/aromatic N) is 3. The molecule has 0 saturated carbocycles. The first-order valence-corrected chi connectivity index (χ1v) is 6.55. The maximum atomic E-state index is 5.34. The van der Waals surface area contributed by atoms with Crippen molar-refractivity contribution in [3.63, 3.8) is 0 Å². The molecule has 0 saturated heterocycles. The summed E-state index contributed by atoms with van der Waals surface area (Å²) in [4.78, 5) is 6.53. The van der Waals surface area contributed by atoms with E-state index >= 15 is 0 Å². The highest BCUT2D eigenvalue weighted by atomic mass is 32.2. The molecule has 0 aliphatic rings. The summed E-state index contributed by atoms with van der Waals surface area (Å²) in [5.74, 6) is 2.00. The van der Waals surface area contributed by atoms with Crippen molar-refractivity contribution in [2.75, 3.05) is 26.4 Å². The molecule has 92 valence electrons. The third-order valence-electron chi connectivity index (χ3n) is 2.35. The molecule has 5 heteroatoms. The van der Waals surface area contributed by atoms with Gasteiger partial charge in [0.25, 0.3) is 0 Å². The molecular formula is C12H17N3OS. The number of imidazole rings is 1. The number of rotatable bonds is 6. The Kier molecular flexibility index (Phi) is 4.28. The molecule has 2 rings (SSSR count). The summed E-state index contributed by atoms with van der Waals surface area (Å²) in [5, 5.41) is 1.04. The van der Waals surface area contributed by atoms with E-state index in [0.717, 1.165) is 29.8 Å². The molecule has 0 aliphatic heterocycles. The lowest BCUT2D eigenvalue weighted by atomic mass is 10.4. The van der Waals surface area contributed by atoms with Crippen LogP contribution in [0.2, 0.25) is 0 Å². The molecule has 0 unspecified atom stereocenters. The van der Waals surface area contributed by atoms with Gasteiger partial charge in [-0.1, -0.05) is 11.8 Å². The van der Waals surface area contributed by atoms with E-state index in [9.17, 15) is 0 Å². The number of furan rings is 1. The SMILES string of the molecule is CN(C)CCSc1nccn1Cc1ccco1. The maximum absolute atomic E-state index is 5.34. The van der Waals surface area contributed by atoms with Gasteiger partial charge < -0.3 is 13.9 Å². The summed E-state index contributed by atoms with van der Waals surface area (Å²) in [7, 11) is 4.16. The first-order valence-electron chi connectivity index (χ1n) is 5.57. The van der Waals surface area contributed by atoms with Gasteiger partial charge in [0.05, 0.1) is 12.8 Å². The second-order valence-corrected chi connectivity index (χ2v) is 5.13. The Morgan fingerprint density at radius 1 is 1.47 bits per heavy atom. The van der Waals surface area contributed by atoms with Gasteiger partial charge in [-0.25, -0.2) is 4.98 Å². The molecular weight excluding hydrogens is 234 g/mol. The van der Waals surface area contributed by atoms with Crippen LogP contribution in [0.4, 0.5) is 0 Å². The lowest BCUT2D eigenvalue weighted by Gasteiger charge is -2.09. The van der Waals surface area contributed by atoms with Crippen LogP contribution in [0.25, 0.3) is 0 Å². The molecule has 0 amide bonds. The van der Waals surface area contributed by atoms with E-state index in [0.29, 0.717) is 0 Å². The van der Waals surface area contributed by atoms with Gasteiger partial charge in [0.2, 0.25) is 0 Å². The van der Waals surface area contributed by atoms with Gasteiger partial charge >= 0.3 is 0 Å². The zero-order valence-electron chi connectivity index (χ0n) is 10.2. The van der Waals surface area contributed by atoms with Crippen molar-refractivity contribution < 1.29 is 4.42 Å². The van der Waals surface area contributed by atoms with Gasteiger partial charge in [-0.15, -0.1) is 0 Å². The van der Waals surface area contributed by atoms with E-state index < -0.39 is 0 Å². The fourth-order valence-electron chi connectivity index (χ4n) is 1.45. The van der Waals surface area contributed by atoms with Crippen LogP contribution in [0.3, 0.4) is 0 Å². The second kappa shape index (κ2) is 5.93. The third-order valence-corrected chi connectivity index (χ3v) is 3.34. The van der Waals surface area contributed by atoms with E-state index in [4.69, 9.17) is 4.42 Å². The molecule has 0 N–H and O–H groups in total. The fraction of sp³-hybridized carbons (Fsp3) is 0.417. The van der Waals surface area contributed by atoms with E-state index in [-0.39, 0.29) is 0 Å². The Balaban J connectivity index is 1.92. The molecule has 0 aromatic carbocycles. The normalized spacial score (nSPS) is 11.2. The molecule has 2 aromatic heterocycles. The lowest BCUT2D eigenvalue weighted by Crippen LogP contribution is -2.15. The van der Waals surface area contributed by atoms with Crippen molar-refractivity contribution in [1.29, 1.82) is 0 Å². The van der Waals surface area contributed by atoms with E-state index in [1.807, 2.05) is 24.5 Å². The van der Waals surface area contributed by atoms with Crippen LogP contribution in [0, 0.1) is 0 Å². The van der Waals surface area contributed by atoms with E-state index in [2.05, 4.69) is 28.5 Å². The third kappa shape index (κ3) is 3.64. The Morgan fingerprint density at radius 3 is 3.06 bits per heavy atom. The van der Waals surface area contributed by atoms with Gasteiger partial charge in [-0.05, 0) is 26.2 Å². The predicted octanol–water partition coefficient (Wildman–Crippen LogP) is 2.18. The van der Waals surface area contributed by atoms with E-state index in [1.165, 1.54) is 0 Å². The van der Waals surface area contributed by atoms with Crippen molar-refractivity contribution in [3.05, 3.63) is 36.5 Å². The van der Waals surface area contributed by atoms with Crippen LogP contribution in [0.15, 0.2) is 40.4 Å². The summed E-state index contributed by atoms with van der Waals surface area (Å²) in [5.41, 5.74) is 0. The Labute approximate surface area is 106 Å². The molecule has 0 radical (unpaired) electrons. The number of hydrogen-bond acceptors (Lipinski definition) is 4. The molecule has 0 atom stereocenters. The van der Waals surface area contributed by atoms with Crippen LogP contribution < -0.4 is 0 Å². The second-order valence-electron chi connectivity index (χ2n) is 4.07. The summed E-state index contributed by atoms with van der Waals surface area (Å²) in [6, 6.07) is 3.89. The van der Waals surface area contributed by atoms with Crippen LogP contribution in [0.1, 0.15) is 5.76 Å². The van der Waals surface area contributed by atoms with Crippen molar-refractivity contribution in [3.8, 4) is 0 Å². The molecule has 0 bridgehead atoms. The van der Waals surface area contributed by atoms with Crippen LogP contribution in [-0.2, 0) is 6.54 Å². The molecule has 0 spiro atoms. The smallest absolute Gasteiger partial charge is 0.168 e. The van der Waals surface area contributed by atoms with Crippen molar-refractivity contribution in [2.45, 2.75) is 11.7 Å². The molecule has 0 aliphatic carbocycles. The minimum absolute atomic E-state index is 0.747. The molecule has 2 heterocycles. The van der Waals surface area contributed by atoms with Gasteiger partial charge in [-0.3, -0.25) is 0 Å². The quantitative estimate of drug-likeness (QED) is 0.737. The van der Waals surface area contributed by atoms with Gasteiger partial charge in [0.15, 0.2) is 5.16 Å². The minimum Gasteiger partial charge on any atom is -0.467 e. The number of thioether (sulfide) groups is 1. The highest BCUT2D eigenvalue weighted by molar-refractivity contribution is 7.99. The Hall–Kier alpha value is -1.20. The summed E-state index contributed by atoms with van der Waals surface area (Å²) >= 11 is 1.77. The summed E-state index contributed by atoms with van der Waals surface area (Å²) in [6.07, 6.45) is 5.52. The fourth-order valence-corrected chi connectivity index (χ4v) is 2.51. The molecule has 17 heavy (non-hydrogen) atoms. The zero-order valence-corrected chi connectivity index (χ0v) is 11.0. The highest BCUT2D eigenvalue weighted by Gasteiger charge is 2.05. The van der Waals surface area contributed by atoms with Crippen molar-refractivity contribution in [1.82, 2.24) is 14.5 Å². The summed E-state index contributed by atoms with van der Waals surface area (Å²) < 4.78 is 7.45. The molecule has 0 fully saturated rings. The maximum Gasteiger partial charge on any atom is 0.168 e. The van der Waals surface area contributed by atoms with Gasteiger partial charge in [-0.2, -0.15) is 0 Å². The average molecular weight is 251 g/mol. The largest absolute Gasteiger partial charge is 0.467 e.